The van der Waals surface area contributed by atoms with Gasteiger partial charge in [-0.3, -0.25) is 14.5 Å². The molecular formula is C14H16N2O4. The number of anilines is 1. The highest BCUT2D eigenvalue weighted by Crippen LogP contribution is 2.22. The molecule has 106 valence electrons. The Hall–Kier alpha value is -2.37. The van der Waals surface area contributed by atoms with E-state index in [0.717, 1.165) is 0 Å². The Morgan fingerprint density at radius 1 is 1.35 bits per heavy atom. The van der Waals surface area contributed by atoms with Crippen molar-refractivity contribution < 1.29 is 19.5 Å². The van der Waals surface area contributed by atoms with Crippen molar-refractivity contribution >= 4 is 23.5 Å². The number of likely N-dealkylation sites (tertiary alicyclic amines) is 1. The summed E-state index contributed by atoms with van der Waals surface area (Å²) in [7, 11) is 0. The Labute approximate surface area is 116 Å². The lowest BCUT2D eigenvalue weighted by Crippen LogP contribution is -2.47. The van der Waals surface area contributed by atoms with Gasteiger partial charge in [0, 0.05) is 19.0 Å². The number of nitrogens with zero attached hydrogens (tertiary/aromatic N) is 2. The molecule has 20 heavy (non-hydrogen) atoms. The third kappa shape index (κ3) is 2.79. The van der Waals surface area contributed by atoms with Crippen molar-refractivity contribution in [2.75, 3.05) is 11.6 Å². The first-order chi connectivity index (χ1) is 9.50. The largest absolute Gasteiger partial charge is 0.480 e. The Bertz CT molecular complexity index is 529. The van der Waals surface area contributed by atoms with E-state index < -0.39 is 12.0 Å². The fourth-order valence-electron chi connectivity index (χ4n) is 2.29. The molecule has 2 rings (SSSR count). The predicted octanol–water partition coefficient (Wildman–Crippen LogP) is 1.07. The first kappa shape index (κ1) is 14.0. The van der Waals surface area contributed by atoms with Crippen molar-refractivity contribution in [2.45, 2.75) is 25.8 Å². The van der Waals surface area contributed by atoms with Crippen LogP contribution in [0.5, 0.6) is 0 Å². The van der Waals surface area contributed by atoms with E-state index in [-0.39, 0.29) is 31.3 Å². The van der Waals surface area contributed by atoms with Crippen molar-refractivity contribution in [3.8, 4) is 0 Å². The molecule has 1 aromatic carbocycles. The molecule has 1 fully saturated rings. The smallest absolute Gasteiger partial charge is 0.326 e. The summed E-state index contributed by atoms with van der Waals surface area (Å²) in [5, 5.41) is 9.13. The fraction of sp³-hybridized carbons (Fsp3) is 0.357. The minimum Gasteiger partial charge on any atom is -0.480 e. The Morgan fingerprint density at radius 3 is 2.55 bits per heavy atom. The van der Waals surface area contributed by atoms with Crippen molar-refractivity contribution in [3.63, 3.8) is 0 Å². The van der Waals surface area contributed by atoms with Gasteiger partial charge in [0.05, 0.1) is 0 Å². The van der Waals surface area contributed by atoms with Gasteiger partial charge in [0.25, 0.3) is 0 Å². The van der Waals surface area contributed by atoms with Crippen LogP contribution in [-0.4, -0.2) is 40.5 Å². The van der Waals surface area contributed by atoms with E-state index in [1.165, 1.54) is 16.7 Å². The van der Waals surface area contributed by atoms with Gasteiger partial charge >= 0.3 is 5.97 Å². The monoisotopic (exact) mass is 276 g/mol. The Morgan fingerprint density at radius 2 is 2.00 bits per heavy atom. The van der Waals surface area contributed by atoms with Crippen molar-refractivity contribution in [1.82, 2.24) is 4.90 Å². The maximum atomic E-state index is 11.8. The number of carbonyl (C=O) groups excluding carboxylic acids is 2. The molecule has 1 saturated heterocycles. The van der Waals surface area contributed by atoms with Gasteiger partial charge in [-0.15, -0.1) is 0 Å². The molecule has 0 aliphatic carbocycles. The van der Waals surface area contributed by atoms with Gasteiger partial charge in [0.1, 0.15) is 12.7 Å². The highest BCUT2D eigenvalue weighted by molar-refractivity contribution is 5.93. The second kappa shape index (κ2) is 5.73. The average molecular weight is 276 g/mol. The van der Waals surface area contributed by atoms with Crippen LogP contribution in [0.25, 0.3) is 0 Å². The van der Waals surface area contributed by atoms with E-state index in [0.29, 0.717) is 5.69 Å². The normalized spacial score (nSPS) is 18.1. The van der Waals surface area contributed by atoms with Gasteiger partial charge in [-0.1, -0.05) is 18.2 Å². The van der Waals surface area contributed by atoms with E-state index in [2.05, 4.69) is 0 Å². The molecule has 6 nitrogen and oxygen atoms in total. The molecule has 6 heteroatoms. The first-order valence-corrected chi connectivity index (χ1v) is 6.36. The molecular weight excluding hydrogens is 260 g/mol. The molecule has 0 radical (unpaired) electrons. The molecule has 1 atom stereocenters. The first-order valence-electron chi connectivity index (χ1n) is 6.36. The maximum Gasteiger partial charge on any atom is 0.326 e. The zero-order chi connectivity index (χ0) is 14.7. The number of carboxylic acids is 1. The maximum absolute atomic E-state index is 11.8. The molecule has 0 saturated carbocycles. The van der Waals surface area contributed by atoms with Gasteiger partial charge in [0.2, 0.25) is 11.8 Å². The fourth-order valence-corrected chi connectivity index (χ4v) is 2.29. The second-order valence-corrected chi connectivity index (χ2v) is 4.68. The number of hydrogen-bond donors (Lipinski definition) is 1. The number of carbonyl (C=O) groups is 3. The number of rotatable bonds is 4. The lowest BCUT2D eigenvalue weighted by molar-refractivity contribution is -0.146. The minimum atomic E-state index is -1.03. The van der Waals surface area contributed by atoms with Crippen LogP contribution in [0, 0.1) is 0 Å². The van der Waals surface area contributed by atoms with E-state index in [4.69, 9.17) is 5.11 Å². The summed E-state index contributed by atoms with van der Waals surface area (Å²) < 4.78 is 0. The molecule has 1 aromatic rings. The molecule has 0 unspecified atom stereocenters. The van der Waals surface area contributed by atoms with Gasteiger partial charge < -0.3 is 10.0 Å². The Balaban J connectivity index is 2.22. The van der Waals surface area contributed by atoms with Gasteiger partial charge in [-0.2, -0.15) is 0 Å². The molecule has 0 aromatic heterocycles. The van der Waals surface area contributed by atoms with Crippen molar-refractivity contribution in [2.24, 2.45) is 0 Å². The second-order valence-electron chi connectivity index (χ2n) is 4.68. The number of carboxylic acid groups (broad SMARTS) is 1. The molecule has 1 aliphatic heterocycles. The van der Waals surface area contributed by atoms with E-state index in [9.17, 15) is 14.4 Å². The van der Waals surface area contributed by atoms with Crippen LogP contribution in [-0.2, 0) is 14.4 Å². The third-order valence-electron chi connectivity index (χ3n) is 3.36. The predicted molar refractivity (Wildman–Crippen MR) is 72.0 cm³/mol. The van der Waals surface area contributed by atoms with E-state index in [1.807, 2.05) is 6.07 Å². The zero-order valence-electron chi connectivity index (χ0n) is 11.2. The summed E-state index contributed by atoms with van der Waals surface area (Å²) in [6, 6.07) is 8.03. The summed E-state index contributed by atoms with van der Waals surface area (Å²) in [5.41, 5.74) is 0.642. The summed E-state index contributed by atoms with van der Waals surface area (Å²) in [6.07, 6.45) is 0.492. The molecule has 0 spiro atoms. The Kier molecular flexibility index (Phi) is 4.02. The van der Waals surface area contributed by atoms with Crippen molar-refractivity contribution in [1.29, 1.82) is 0 Å². The van der Waals surface area contributed by atoms with E-state index >= 15 is 0 Å². The standard InChI is InChI=1S/C14H16N2O4/c1-10(17)15(11-5-3-2-4-6-11)9-16-12(14(19)20)7-8-13(16)18/h2-6,12H,7-9H2,1H3,(H,19,20)/t12-/m0/s1. The zero-order valence-corrected chi connectivity index (χ0v) is 11.2. The molecule has 1 N–H and O–H groups in total. The molecule has 1 heterocycles. The van der Waals surface area contributed by atoms with Gasteiger partial charge in [-0.25, -0.2) is 4.79 Å². The van der Waals surface area contributed by atoms with Crippen LogP contribution in [0.3, 0.4) is 0 Å². The van der Waals surface area contributed by atoms with Crippen LogP contribution in [0.4, 0.5) is 5.69 Å². The van der Waals surface area contributed by atoms with Crippen LogP contribution < -0.4 is 4.90 Å². The summed E-state index contributed by atoms with van der Waals surface area (Å²) >= 11 is 0. The highest BCUT2D eigenvalue weighted by atomic mass is 16.4. The third-order valence-corrected chi connectivity index (χ3v) is 3.36. The lowest BCUT2D eigenvalue weighted by atomic mass is 10.2. The van der Waals surface area contributed by atoms with Crippen LogP contribution >= 0.6 is 0 Å². The molecule has 0 bridgehead atoms. The average Bonchev–Trinajstić information content (AvgIpc) is 2.78. The quantitative estimate of drug-likeness (QED) is 0.892. The van der Waals surface area contributed by atoms with Crippen LogP contribution in [0.1, 0.15) is 19.8 Å². The summed E-state index contributed by atoms with van der Waals surface area (Å²) in [4.78, 5) is 37.4. The number of amides is 2. The number of benzene rings is 1. The van der Waals surface area contributed by atoms with Gasteiger partial charge in [0.15, 0.2) is 0 Å². The van der Waals surface area contributed by atoms with E-state index in [1.54, 1.807) is 24.3 Å². The summed E-state index contributed by atoms with van der Waals surface area (Å²) in [5.74, 6) is -1.51. The number of aliphatic carboxylic acids is 1. The molecule has 2 amide bonds. The van der Waals surface area contributed by atoms with Crippen LogP contribution in [0.15, 0.2) is 30.3 Å². The van der Waals surface area contributed by atoms with Gasteiger partial charge in [-0.05, 0) is 18.6 Å². The van der Waals surface area contributed by atoms with Crippen LogP contribution in [0.2, 0.25) is 0 Å². The molecule has 1 aliphatic rings. The van der Waals surface area contributed by atoms with Crippen molar-refractivity contribution in [3.05, 3.63) is 30.3 Å². The SMILES string of the molecule is CC(=O)N(CN1C(=O)CC[C@H]1C(=O)O)c1ccccc1. The topological polar surface area (TPSA) is 77.9 Å². The minimum absolute atomic E-state index is 0.0326. The number of para-hydroxylation sites is 1. The highest BCUT2D eigenvalue weighted by Gasteiger charge is 2.37. The number of hydrogen-bond acceptors (Lipinski definition) is 3. The summed E-state index contributed by atoms with van der Waals surface area (Å²) in [6.45, 7) is 1.36. The lowest BCUT2D eigenvalue weighted by Gasteiger charge is -2.29.